The van der Waals surface area contributed by atoms with Crippen LogP contribution in [-0.4, -0.2) is 10.1 Å². The molecule has 3 heteroatoms. The van der Waals surface area contributed by atoms with E-state index in [0.717, 1.165) is 11.1 Å². The first-order chi connectivity index (χ1) is 6.48. The van der Waals surface area contributed by atoms with Crippen LogP contribution in [-0.2, 0) is 5.41 Å². The highest BCUT2D eigenvalue weighted by Crippen LogP contribution is 2.25. The third-order valence-electron chi connectivity index (χ3n) is 2.38. The maximum absolute atomic E-state index is 5.06. The quantitative estimate of drug-likeness (QED) is 0.641. The summed E-state index contributed by atoms with van der Waals surface area (Å²) in [7, 11) is 0. The number of aryl methyl sites for hydroxylation is 1. The van der Waals surface area contributed by atoms with Gasteiger partial charge in [-0.25, -0.2) is 4.98 Å². The molecule has 0 radical (unpaired) electrons. The molecule has 0 saturated heterocycles. The Bertz CT molecular complexity index is 466. The summed E-state index contributed by atoms with van der Waals surface area (Å²) in [5.41, 5.74) is 2.84. The molecule has 0 unspecified atom stereocenters. The van der Waals surface area contributed by atoms with Crippen molar-refractivity contribution >= 4 is 11.1 Å². The SMILES string of the molecule is Cc1noc2ncc(C(C)(C)C)cc12. The van der Waals surface area contributed by atoms with Crippen molar-refractivity contribution in [3.05, 3.63) is 23.5 Å². The second kappa shape index (κ2) is 2.80. The largest absolute Gasteiger partial charge is 0.336 e. The third kappa shape index (κ3) is 1.39. The van der Waals surface area contributed by atoms with Crippen molar-refractivity contribution in [1.82, 2.24) is 10.1 Å². The molecule has 3 nitrogen and oxygen atoms in total. The smallest absolute Gasteiger partial charge is 0.257 e. The van der Waals surface area contributed by atoms with Crippen molar-refractivity contribution < 1.29 is 4.52 Å². The van der Waals surface area contributed by atoms with Gasteiger partial charge >= 0.3 is 0 Å². The maximum atomic E-state index is 5.06. The van der Waals surface area contributed by atoms with E-state index in [1.807, 2.05) is 13.1 Å². The molecule has 0 aliphatic rings. The van der Waals surface area contributed by atoms with E-state index in [4.69, 9.17) is 4.52 Å². The fraction of sp³-hybridized carbons (Fsp3) is 0.455. The van der Waals surface area contributed by atoms with Gasteiger partial charge in [-0.1, -0.05) is 25.9 Å². The summed E-state index contributed by atoms with van der Waals surface area (Å²) in [4.78, 5) is 4.24. The van der Waals surface area contributed by atoms with Crippen LogP contribution in [0.2, 0.25) is 0 Å². The van der Waals surface area contributed by atoms with Gasteiger partial charge in [-0.3, -0.25) is 0 Å². The molecule has 2 aromatic heterocycles. The number of hydrogen-bond donors (Lipinski definition) is 0. The zero-order valence-corrected chi connectivity index (χ0v) is 8.96. The van der Waals surface area contributed by atoms with Crippen molar-refractivity contribution in [3.63, 3.8) is 0 Å². The lowest BCUT2D eigenvalue weighted by atomic mass is 9.88. The van der Waals surface area contributed by atoms with Crippen LogP contribution in [0.4, 0.5) is 0 Å². The molecule has 0 aliphatic carbocycles. The summed E-state index contributed by atoms with van der Waals surface area (Å²) >= 11 is 0. The van der Waals surface area contributed by atoms with Crippen molar-refractivity contribution in [2.24, 2.45) is 0 Å². The van der Waals surface area contributed by atoms with Crippen LogP contribution in [0.25, 0.3) is 11.1 Å². The first-order valence-electron chi connectivity index (χ1n) is 4.71. The predicted molar refractivity (Wildman–Crippen MR) is 55.2 cm³/mol. The van der Waals surface area contributed by atoms with Crippen LogP contribution >= 0.6 is 0 Å². The van der Waals surface area contributed by atoms with Crippen molar-refractivity contribution in [3.8, 4) is 0 Å². The number of rotatable bonds is 0. The molecule has 0 saturated carbocycles. The number of fused-ring (bicyclic) bond motifs is 1. The molecule has 0 bridgehead atoms. The monoisotopic (exact) mass is 190 g/mol. The zero-order chi connectivity index (χ0) is 10.3. The van der Waals surface area contributed by atoms with E-state index in [-0.39, 0.29) is 5.41 Å². The van der Waals surface area contributed by atoms with Gasteiger partial charge in [0.2, 0.25) is 0 Å². The molecule has 0 atom stereocenters. The molecule has 0 spiro atoms. The Morgan fingerprint density at radius 1 is 1.29 bits per heavy atom. The van der Waals surface area contributed by atoms with E-state index >= 15 is 0 Å². The molecule has 0 aromatic carbocycles. The van der Waals surface area contributed by atoms with E-state index in [2.05, 4.69) is 37.0 Å². The lowest BCUT2D eigenvalue weighted by Crippen LogP contribution is -2.11. The summed E-state index contributed by atoms with van der Waals surface area (Å²) in [5.74, 6) is 0. The average Bonchev–Trinajstić information content (AvgIpc) is 2.46. The number of aromatic nitrogens is 2. The summed E-state index contributed by atoms with van der Waals surface area (Å²) in [5, 5.41) is 4.89. The summed E-state index contributed by atoms with van der Waals surface area (Å²) < 4.78 is 5.06. The lowest BCUT2D eigenvalue weighted by molar-refractivity contribution is 0.442. The number of nitrogens with zero attached hydrogens (tertiary/aromatic N) is 2. The first kappa shape index (κ1) is 9.19. The van der Waals surface area contributed by atoms with Crippen LogP contribution in [0, 0.1) is 6.92 Å². The minimum Gasteiger partial charge on any atom is -0.336 e. The molecule has 0 amide bonds. The van der Waals surface area contributed by atoms with Gasteiger partial charge in [0.1, 0.15) is 0 Å². The average molecular weight is 190 g/mol. The molecule has 0 N–H and O–H groups in total. The van der Waals surface area contributed by atoms with E-state index in [1.165, 1.54) is 5.56 Å². The van der Waals surface area contributed by atoms with Gasteiger partial charge in [-0.2, -0.15) is 0 Å². The van der Waals surface area contributed by atoms with Crippen LogP contribution in [0.5, 0.6) is 0 Å². The molecular weight excluding hydrogens is 176 g/mol. The normalized spacial score (nSPS) is 12.3. The van der Waals surface area contributed by atoms with Crippen molar-refractivity contribution in [2.75, 3.05) is 0 Å². The van der Waals surface area contributed by atoms with Gasteiger partial charge in [0, 0.05) is 6.20 Å². The van der Waals surface area contributed by atoms with E-state index in [9.17, 15) is 0 Å². The molecule has 2 aromatic rings. The fourth-order valence-corrected chi connectivity index (χ4v) is 1.36. The van der Waals surface area contributed by atoms with Gasteiger partial charge in [0.15, 0.2) is 0 Å². The second-order valence-corrected chi connectivity index (χ2v) is 4.59. The van der Waals surface area contributed by atoms with Crippen molar-refractivity contribution in [1.29, 1.82) is 0 Å². The Hall–Kier alpha value is -1.38. The fourth-order valence-electron chi connectivity index (χ4n) is 1.36. The van der Waals surface area contributed by atoms with Crippen LogP contribution in [0.1, 0.15) is 32.0 Å². The van der Waals surface area contributed by atoms with E-state index in [1.54, 1.807) is 0 Å². The zero-order valence-electron chi connectivity index (χ0n) is 8.96. The Morgan fingerprint density at radius 3 is 2.64 bits per heavy atom. The lowest BCUT2D eigenvalue weighted by Gasteiger charge is -2.17. The minimum absolute atomic E-state index is 0.116. The number of hydrogen-bond acceptors (Lipinski definition) is 3. The van der Waals surface area contributed by atoms with Crippen LogP contribution in [0.15, 0.2) is 16.8 Å². The van der Waals surface area contributed by atoms with Gasteiger partial charge in [0.25, 0.3) is 5.71 Å². The molecule has 74 valence electrons. The molecule has 2 heterocycles. The van der Waals surface area contributed by atoms with E-state index in [0.29, 0.717) is 5.71 Å². The summed E-state index contributed by atoms with van der Waals surface area (Å²) in [6, 6.07) is 2.11. The van der Waals surface area contributed by atoms with Gasteiger partial charge in [-0.15, -0.1) is 0 Å². The first-order valence-corrected chi connectivity index (χ1v) is 4.71. The molecule has 0 fully saturated rings. The van der Waals surface area contributed by atoms with Crippen LogP contribution < -0.4 is 0 Å². The van der Waals surface area contributed by atoms with E-state index < -0.39 is 0 Å². The summed E-state index contributed by atoms with van der Waals surface area (Å²) in [6.07, 6.45) is 1.85. The molecular formula is C11H14N2O. The Labute approximate surface area is 83.1 Å². The Kier molecular flexibility index (Phi) is 1.84. The minimum atomic E-state index is 0.116. The molecule has 14 heavy (non-hydrogen) atoms. The topological polar surface area (TPSA) is 38.9 Å². The second-order valence-electron chi connectivity index (χ2n) is 4.59. The van der Waals surface area contributed by atoms with Crippen LogP contribution in [0.3, 0.4) is 0 Å². The Morgan fingerprint density at radius 2 is 2.00 bits per heavy atom. The highest BCUT2D eigenvalue weighted by atomic mass is 16.5. The predicted octanol–water partition coefficient (Wildman–Crippen LogP) is 2.83. The van der Waals surface area contributed by atoms with Gasteiger partial charge < -0.3 is 4.52 Å². The standard InChI is InChI=1S/C11H14N2O/c1-7-9-5-8(11(2,3)4)6-12-10(9)14-13-7/h5-6H,1-4H3. The van der Waals surface area contributed by atoms with Gasteiger partial charge in [0.05, 0.1) is 11.1 Å². The summed E-state index contributed by atoms with van der Waals surface area (Å²) in [6.45, 7) is 8.43. The maximum Gasteiger partial charge on any atom is 0.257 e. The van der Waals surface area contributed by atoms with Gasteiger partial charge in [-0.05, 0) is 24.0 Å². The Balaban J connectivity index is 2.66. The van der Waals surface area contributed by atoms with Crippen molar-refractivity contribution in [2.45, 2.75) is 33.1 Å². The molecule has 2 rings (SSSR count). The molecule has 0 aliphatic heterocycles. The third-order valence-corrected chi connectivity index (χ3v) is 2.38. The highest BCUT2D eigenvalue weighted by molar-refractivity contribution is 5.76. The number of pyridine rings is 1. The highest BCUT2D eigenvalue weighted by Gasteiger charge is 2.16.